The van der Waals surface area contributed by atoms with Gasteiger partial charge < -0.3 is 9.84 Å². The van der Waals surface area contributed by atoms with Crippen molar-refractivity contribution in [1.29, 1.82) is 0 Å². The number of carbonyl (C=O) groups excluding carboxylic acids is 1. The standard InChI is InChI=1S/C16H13FO3/c1-20-16(19)14(11-6-4-7-13(17)9-11)10-12-5-2-3-8-15(12)18/h2-10,18H,1H3/b14-10+. The Morgan fingerprint density at radius 1 is 1.20 bits per heavy atom. The normalized spacial score (nSPS) is 11.2. The number of halogens is 1. The number of hydrogen-bond acceptors (Lipinski definition) is 3. The second-order valence-electron chi connectivity index (χ2n) is 4.12. The molecular weight excluding hydrogens is 259 g/mol. The zero-order chi connectivity index (χ0) is 14.5. The zero-order valence-corrected chi connectivity index (χ0v) is 10.8. The summed E-state index contributed by atoms with van der Waals surface area (Å²) < 4.78 is 18.0. The van der Waals surface area contributed by atoms with Crippen LogP contribution in [0.1, 0.15) is 11.1 Å². The second-order valence-corrected chi connectivity index (χ2v) is 4.12. The van der Waals surface area contributed by atoms with Crippen LogP contribution in [-0.2, 0) is 9.53 Å². The number of phenolic OH excluding ortho intramolecular Hbond substituents is 1. The van der Waals surface area contributed by atoms with Crippen LogP contribution in [0.25, 0.3) is 11.6 Å². The van der Waals surface area contributed by atoms with E-state index in [1.165, 1.54) is 37.5 Å². The number of hydrogen-bond donors (Lipinski definition) is 1. The lowest BCUT2D eigenvalue weighted by atomic mass is 10.0. The van der Waals surface area contributed by atoms with Crippen LogP contribution in [0.2, 0.25) is 0 Å². The van der Waals surface area contributed by atoms with E-state index < -0.39 is 11.8 Å². The molecule has 0 saturated heterocycles. The Bertz CT molecular complexity index is 662. The molecule has 0 amide bonds. The number of rotatable bonds is 3. The molecule has 20 heavy (non-hydrogen) atoms. The molecule has 2 aromatic carbocycles. The van der Waals surface area contributed by atoms with E-state index in [4.69, 9.17) is 4.74 Å². The van der Waals surface area contributed by atoms with Crippen molar-refractivity contribution >= 4 is 17.6 Å². The number of carbonyl (C=O) groups is 1. The molecule has 0 spiro atoms. The molecule has 1 N–H and O–H groups in total. The fourth-order valence-corrected chi connectivity index (χ4v) is 1.79. The SMILES string of the molecule is COC(=O)/C(=C/c1ccccc1O)c1cccc(F)c1. The predicted molar refractivity (Wildman–Crippen MR) is 74.4 cm³/mol. The van der Waals surface area contributed by atoms with Crippen LogP contribution in [0.5, 0.6) is 5.75 Å². The van der Waals surface area contributed by atoms with Crippen LogP contribution in [0.15, 0.2) is 48.5 Å². The van der Waals surface area contributed by atoms with E-state index in [9.17, 15) is 14.3 Å². The number of esters is 1. The number of methoxy groups -OCH3 is 1. The molecule has 0 heterocycles. The molecule has 0 aliphatic carbocycles. The van der Waals surface area contributed by atoms with Gasteiger partial charge in [0.25, 0.3) is 0 Å². The van der Waals surface area contributed by atoms with Gasteiger partial charge in [0, 0.05) is 5.56 Å². The molecule has 3 nitrogen and oxygen atoms in total. The maximum atomic E-state index is 13.3. The van der Waals surface area contributed by atoms with Crippen LogP contribution in [0, 0.1) is 5.82 Å². The summed E-state index contributed by atoms with van der Waals surface area (Å²) >= 11 is 0. The summed E-state index contributed by atoms with van der Waals surface area (Å²) in [5.74, 6) is -1.02. The van der Waals surface area contributed by atoms with Crippen molar-refractivity contribution in [3.63, 3.8) is 0 Å². The van der Waals surface area contributed by atoms with E-state index in [1.54, 1.807) is 24.3 Å². The van der Waals surface area contributed by atoms with Gasteiger partial charge in [-0.1, -0.05) is 30.3 Å². The number of aromatic hydroxyl groups is 1. The highest BCUT2D eigenvalue weighted by atomic mass is 19.1. The molecule has 2 rings (SSSR count). The first-order chi connectivity index (χ1) is 9.61. The van der Waals surface area contributed by atoms with E-state index in [1.807, 2.05) is 0 Å². The van der Waals surface area contributed by atoms with Crippen molar-refractivity contribution in [1.82, 2.24) is 0 Å². The Hall–Kier alpha value is -2.62. The quantitative estimate of drug-likeness (QED) is 0.530. The third-order valence-corrected chi connectivity index (χ3v) is 2.78. The largest absolute Gasteiger partial charge is 0.507 e. The fourth-order valence-electron chi connectivity index (χ4n) is 1.79. The molecule has 0 aromatic heterocycles. The lowest BCUT2D eigenvalue weighted by molar-refractivity contribution is -0.133. The van der Waals surface area contributed by atoms with Gasteiger partial charge in [-0.15, -0.1) is 0 Å². The van der Waals surface area contributed by atoms with Gasteiger partial charge in [-0.3, -0.25) is 0 Å². The summed E-state index contributed by atoms with van der Waals surface area (Å²) in [7, 11) is 1.25. The highest BCUT2D eigenvalue weighted by Gasteiger charge is 2.14. The van der Waals surface area contributed by atoms with Crippen molar-refractivity contribution < 1.29 is 19.0 Å². The van der Waals surface area contributed by atoms with E-state index in [0.717, 1.165) is 0 Å². The monoisotopic (exact) mass is 272 g/mol. The maximum Gasteiger partial charge on any atom is 0.338 e. The average Bonchev–Trinajstić information content (AvgIpc) is 2.45. The van der Waals surface area contributed by atoms with Crippen molar-refractivity contribution in [2.75, 3.05) is 7.11 Å². The first-order valence-electron chi connectivity index (χ1n) is 5.96. The minimum atomic E-state index is -0.598. The van der Waals surface area contributed by atoms with Crippen LogP contribution in [-0.4, -0.2) is 18.2 Å². The van der Waals surface area contributed by atoms with E-state index >= 15 is 0 Å². The number of benzene rings is 2. The molecule has 4 heteroatoms. The lowest BCUT2D eigenvalue weighted by Gasteiger charge is -2.07. The smallest absolute Gasteiger partial charge is 0.338 e. The third-order valence-electron chi connectivity index (χ3n) is 2.78. The number of phenols is 1. The summed E-state index contributed by atoms with van der Waals surface area (Å²) in [6.07, 6.45) is 1.47. The Labute approximate surface area is 115 Å². The van der Waals surface area contributed by atoms with E-state index in [0.29, 0.717) is 11.1 Å². The van der Waals surface area contributed by atoms with Gasteiger partial charge in [0.1, 0.15) is 11.6 Å². The molecule has 102 valence electrons. The maximum absolute atomic E-state index is 13.3. The van der Waals surface area contributed by atoms with Crippen molar-refractivity contribution in [2.24, 2.45) is 0 Å². The van der Waals surface area contributed by atoms with Gasteiger partial charge in [-0.2, -0.15) is 0 Å². The summed E-state index contributed by atoms with van der Waals surface area (Å²) in [6.45, 7) is 0. The Morgan fingerprint density at radius 3 is 2.60 bits per heavy atom. The number of para-hydroxylation sites is 1. The van der Waals surface area contributed by atoms with Gasteiger partial charge in [0.15, 0.2) is 0 Å². The predicted octanol–water partition coefficient (Wildman–Crippen LogP) is 3.24. The fraction of sp³-hybridized carbons (Fsp3) is 0.0625. The Balaban J connectivity index is 2.54. The van der Waals surface area contributed by atoms with Crippen molar-refractivity contribution in [3.05, 3.63) is 65.5 Å². The second kappa shape index (κ2) is 6.02. The molecule has 0 fully saturated rings. The van der Waals surface area contributed by atoms with Crippen molar-refractivity contribution in [2.45, 2.75) is 0 Å². The minimum Gasteiger partial charge on any atom is -0.507 e. The molecule has 0 radical (unpaired) electrons. The molecule has 0 atom stereocenters. The number of ether oxygens (including phenoxy) is 1. The first kappa shape index (κ1) is 13.8. The Kier molecular flexibility index (Phi) is 4.15. The summed E-state index contributed by atoms with van der Waals surface area (Å²) in [6, 6.07) is 12.2. The summed E-state index contributed by atoms with van der Waals surface area (Å²) in [5, 5.41) is 9.74. The van der Waals surface area contributed by atoms with Crippen LogP contribution >= 0.6 is 0 Å². The topological polar surface area (TPSA) is 46.5 Å². The summed E-state index contributed by atoms with van der Waals surface area (Å²) in [4.78, 5) is 11.8. The molecular formula is C16H13FO3. The summed E-state index contributed by atoms with van der Waals surface area (Å²) in [5.41, 5.74) is 1.02. The van der Waals surface area contributed by atoms with Gasteiger partial charge in [-0.25, -0.2) is 9.18 Å². The van der Waals surface area contributed by atoms with Gasteiger partial charge in [0.2, 0.25) is 0 Å². The van der Waals surface area contributed by atoms with E-state index in [-0.39, 0.29) is 11.3 Å². The zero-order valence-electron chi connectivity index (χ0n) is 10.8. The van der Waals surface area contributed by atoms with E-state index in [2.05, 4.69) is 0 Å². The minimum absolute atomic E-state index is 0.0327. The van der Waals surface area contributed by atoms with Crippen LogP contribution in [0.4, 0.5) is 4.39 Å². The lowest BCUT2D eigenvalue weighted by Crippen LogP contribution is -2.04. The first-order valence-corrected chi connectivity index (χ1v) is 5.96. The van der Waals surface area contributed by atoms with Gasteiger partial charge in [-0.05, 0) is 29.8 Å². The van der Waals surface area contributed by atoms with Crippen molar-refractivity contribution in [3.8, 4) is 5.75 Å². The average molecular weight is 272 g/mol. The third kappa shape index (κ3) is 3.03. The molecule has 0 aliphatic heterocycles. The molecule has 2 aromatic rings. The molecule has 0 bridgehead atoms. The van der Waals surface area contributed by atoms with Gasteiger partial charge >= 0.3 is 5.97 Å². The molecule has 0 unspecified atom stereocenters. The highest BCUT2D eigenvalue weighted by molar-refractivity contribution is 6.21. The Morgan fingerprint density at radius 2 is 1.95 bits per heavy atom. The van der Waals surface area contributed by atoms with Crippen LogP contribution < -0.4 is 0 Å². The molecule has 0 aliphatic rings. The van der Waals surface area contributed by atoms with Crippen LogP contribution in [0.3, 0.4) is 0 Å². The van der Waals surface area contributed by atoms with Gasteiger partial charge in [0.05, 0.1) is 12.7 Å². The molecule has 0 saturated carbocycles. The highest BCUT2D eigenvalue weighted by Crippen LogP contribution is 2.25.